The van der Waals surface area contributed by atoms with Gasteiger partial charge in [-0.3, -0.25) is 9.89 Å². The minimum Gasteiger partial charge on any atom is -0.335 e. The number of aryl methyl sites for hydroxylation is 1. The number of hydrogen-bond donors (Lipinski definition) is 1. The van der Waals surface area contributed by atoms with Crippen molar-refractivity contribution in [3.63, 3.8) is 0 Å². The third-order valence-electron chi connectivity index (χ3n) is 2.57. The highest BCUT2D eigenvalue weighted by Gasteiger charge is 2.20. The number of H-pyrrole nitrogens is 1. The molecule has 1 N–H and O–H groups in total. The largest absolute Gasteiger partial charge is 0.335 e. The quantitative estimate of drug-likeness (QED) is 0.836. The van der Waals surface area contributed by atoms with Crippen LogP contribution in [0.25, 0.3) is 0 Å². The van der Waals surface area contributed by atoms with Gasteiger partial charge in [0.1, 0.15) is 5.82 Å². The van der Waals surface area contributed by atoms with E-state index in [-0.39, 0.29) is 5.91 Å². The van der Waals surface area contributed by atoms with E-state index in [4.69, 9.17) is 0 Å². The molecule has 1 aliphatic heterocycles. The second-order valence-corrected chi connectivity index (χ2v) is 4.94. The summed E-state index contributed by atoms with van der Waals surface area (Å²) >= 11 is 1.90. The van der Waals surface area contributed by atoms with Gasteiger partial charge in [0.05, 0.1) is 0 Å². The van der Waals surface area contributed by atoms with Gasteiger partial charge in [-0.15, -0.1) is 5.10 Å². The van der Waals surface area contributed by atoms with Crippen LogP contribution in [0.2, 0.25) is 0 Å². The van der Waals surface area contributed by atoms with Gasteiger partial charge in [-0.05, 0) is 12.2 Å². The minimum absolute atomic E-state index is 0.0431. The molecule has 0 saturated carbocycles. The number of aromatic amines is 1. The van der Waals surface area contributed by atoms with Crippen molar-refractivity contribution in [1.29, 1.82) is 0 Å². The lowest BCUT2D eigenvalue weighted by Crippen LogP contribution is -2.33. The maximum absolute atomic E-state index is 12.1. The molecule has 0 atom stereocenters. The standard InChI is InChI=1S/C10H16N4OS/c1-2-8-11-9(13-12-8)10(15)14-4-3-6-16-7-5-14/h2-7H2,1H3,(H,11,12,13). The first kappa shape index (κ1) is 11.4. The van der Waals surface area contributed by atoms with Crippen molar-refractivity contribution >= 4 is 17.7 Å². The van der Waals surface area contributed by atoms with Crippen molar-refractivity contribution in [2.24, 2.45) is 0 Å². The zero-order valence-electron chi connectivity index (χ0n) is 9.40. The fourth-order valence-corrected chi connectivity index (χ4v) is 2.53. The van der Waals surface area contributed by atoms with Gasteiger partial charge in [0, 0.05) is 25.3 Å². The third-order valence-corrected chi connectivity index (χ3v) is 3.62. The summed E-state index contributed by atoms with van der Waals surface area (Å²) in [5.41, 5.74) is 0. The van der Waals surface area contributed by atoms with Crippen molar-refractivity contribution in [3.8, 4) is 0 Å². The van der Waals surface area contributed by atoms with Crippen LogP contribution in [0, 0.1) is 0 Å². The van der Waals surface area contributed by atoms with Crippen LogP contribution in [0.3, 0.4) is 0 Å². The van der Waals surface area contributed by atoms with Crippen LogP contribution in [0.15, 0.2) is 0 Å². The molecule has 1 aromatic heterocycles. The molecular formula is C10H16N4OS. The summed E-state index contributed by atoms with van der Waals surface area (Å²) in [4.78, 5) is 18.1. The van der Waals surface area contributed by atoms with Crippen LogP contribution in [0.1, 0.15) is 29.8 Å². The number of nitrogens with one attached hydrogen (secondary N) is 1. The van der Waals surface area contributed by atoms with Crippen LogP contribution in [0.4, 0.5) is 0 Å². The Labute approximate surface area is 99.0 Å². The summed E-state index contributed by atoms with van der Waals surface area (Å²) in [7, 11) is 0. The molecule has 1 aliphatic rings. The predicted octanol–water partition coefficient (Wildman–Crippen LogP) is 0.946. The molecule has 5 nitrogen and oxygen atoms in total. The molecule has 1 aromatic rings. The van der Waals surface area contributed by atoms with Gasteiger partial charge in [0.15, 0.2) is 0 Å². The Morgan fingerprint density at radius 3 is 3.12 bits per heavy atom. The Bertz CT molecular complexity index is 357. The smallest absolute Gasteiger partial charge is 0.293 e. The molecule has 0 radical (unpaired) electrons. The molecule has 1 amide bonds. The lowest BCUT2D eigenvalue weighted by atomic mass is 10.4. The normalized spacial score (nSPS) is 17.2. The number of hydrogen-bond acceptors (Lipinski definition) is 4. The van der Waals surface area contributed by atoms with E-state index in [0.717, 1.165) is 43.3 Å². The summed E-state index contributed by atoms with van der Waals surface area (Å²) in [5.74, 6) is 3.18. The van der Waals surface area contributed by atoms with Gasteiger partial charge in [-0.25, -0.2) is 4.98 Å². The average Bonchev–Trinajstić information content (AvgIpc) is 2.62. The Morgan fingerprint density at radius 2 is 2.38 bits per heavy atom. The highest BCUT2D eigenvalue weighted by atomic mass is 32.2. The van der Waals surface area contributed by atoms with Gasteiger partial charge >= 0.3 is 0 Å². The summed E-state index contributed by atoms with van der Waals surface area (Å²) in [5, 5.41) is 6.74. The Balaban J connectivity index is 2.05. The number of thioether (sulfide) groups is 1. The van der Waals surface area contributed by atoms with E-state index in [0.29, 0.717) is 5.82 Å². The van der Waals surface area contributed by atoms with Gasteiger partial charge in [0.25, 0.3) is 5.91 Å². The molecule has 16 heavy (non-hydrogen) atoms. The molecule has 0 aromatic carbocycles. The Hall–Kier alpha value is -1.04. The fraction of sp³-hybridized carbons (Fsp3) is 0.700. The first-order chi connectivity index (χ1) is 7.81. The number of amides is 1. The highest BCUT2D eigenvalue weighted by molar-refractivity contribution is 7.99. The highest BCUT2D eigenvalue weighted by Crippen LogP contribution is 2.11. The molecule has 1 fully saturated rings. The zero-order valence-corrected chi connectivity index (χ0v) is 10.2. The van der Waals surface area contributed by atoms with E-state index >= 15 is 0 Å². The van der Waals surface area contributed by atoms with Crippen molar-refractivity contribution in [1.82, 2.24) is 20.1 Å². The third kappa shape index (κ3) is 2.55. The summed E-state index contributed by atoms with van der Waals surface area (Å²) in [6.07, 6.45) is 1.83. The second kappa shape index (κ2) is 5.34. The van der Waals surface area contributed by atoms with Crippen molar-refractivity contribution in [2.45, 2.75) is 19.8 Å². The molecule has 0 aliphatic carbocycles. The number of carbonyl (C=O) groups is 1. The van der Waals surface area contributed by atoms with E-state index in [9.17, 15) is 4.79 Å². The lowest BCUT2D eigenvalue weighted by molar-refractivity contribution is 0.0756. The van der Waals surface area contributed by atoms with E-state index < -0.39 is 0 Å². The van der Waals surface area contributed by atoms with E-state index in [1.807, 2.05) is 23.6 Å². The number of carbonyl (C=O) groups excluding carboxylic acids is 1. The van der Waals surface area contributed by atoms with E-state index in [1.54, 1.807) is 0 Å². The van der Waals surface area contributed by atoms with Crippen molar-refractivity contribution in [2.75, 3.05) is 24.6 Å². The first-order valence-electron chi connectivity index (χ1n) is 5.59. The average molecular weight is 240 g/mol. The summed E-state index contributed by atoms with van der Waals surface area (Å²) in [6, 6.07) is 0. The summed E-state index contributed by atoms with van der Waals surface area (Å²) < 4.78 is 0. The van der Waals surface area contributed by atoms with Crippen LogP contribution in [-0.2, 0) is 6.42 Å². The molecular weight excluding hydrogens is 224 g/mol. The minimum atomic E-state index is -0.0431. The zero-order chi connectivity index (χ0) is 11.4. The van der Waals surface area contributed by atoms with Gasteiger partial charge in [0.2, 0.25) is 5.82 Å². The summed E-state index contributed by atoms with van der Waals surface area (Å²) in [6.45, 7) is 3.61. The van der Waals surface area contributed by atoms with E-state index in [1.165, 1.54) is 0 Å². The fourth-order valence-electron chi connectivity index (χ4n) is 1.64. The molecule has 6 heteroatoms. The van der Waals surface area contributed by atoms with Crippen LogP contribution >= 0.6 is 11.8 Å². The van der Waals surface area contributed by atoms with Crippen LogP contribution in [-0.4, -0.2) is 50.6 Å². The van der Waals surface area contributed by atoms with Crippen molar-refractivity contribution < 1.29 is 4.79 Å². The molecule has 2 heterocycles. The lowest BCUT2D eigenvalue weighted by Gasteiger charge is -2.17. The topological polar surface area (TPSA) is 61.9 Å². The maximum atomic E-state index is 12.1. The number of nitrogens with zero attached hydrogens (tertiary/aromatic N) is 3. The van der Waals surface area contributed by atoms with Crippen LogP contribution in [0.5, 0.6) is 0 Å². The maximum Gasteiger partial charge on any atom is 0.293 e. The number of rotatable bonds is 2. The monoisotopic (exact) mass is 240 g/mol. The van der Waals surface area contributed by atoms with Gasteiger partial charge < -0.3 is 4.90 Å². The van der Waals surface area contributed by atoms with E-state index in [2.05, 4.69) is 15.2 Å². The van der Waals surface area contributed by atoms with Gasteiger partial charge in [-0.2, -0.15) is 11.8 Å². The molecule has 0 bridgehead atoms. The molecule has 2 rings (SSSR count). The molecule has 1 saturated heterocycles. The molecule has 88 valence electrons. The Morgan fingerprint density at radius 1 is 1.50 bits per heavy atom. The Kier molecular flexibility index (Phi) is 3.82. The SMILES string of the molecule is CCc1nc(C(=O)N2CCCSCC2)n[nH]1. The predicted molar refractivity (Wildman–Crippen MR) is 63.6 cm³/mol. The molecule has 0 spiro atoms. The number of aromatic nitrogens is 3. The second-order valence-electron chi connectivity index (χ2n) is 3.72. The first-order valence-corrected chi connectivity index (χ1v) is 6.75. The molecule has 0 unspecified atom stereocenters. The van der Waals surface area contributed by atoms with Crippen LogP contribution < -0.4 is 0 Å². The van der Waals surface area contributed by atoms with Crippen molar-refractivity contribution in [3.05, 3.63) is 11.6 Å². The van der Waals surface area contributed by atoms with Gasteiger partial charge in [-0.1, -0.05) is 6.92 Å².